The zero-order valence-corrected chi connectivity index (χ0v) is 12.9. The maximum atomic E-state index is 12.0. The van der Waals surface area contributed by atoms with Crippen LogP contribution in [0, 0.1) is 11.8 Å². The number of ether oxygens (including phenoxy) is 1. The van der Waals surface area contributed by atoms with Crippen LogP contribution in [0.3, 0.4) is 0 Å². The van der Waals surface area contributed by atoms with E-state index in [-0.39, 0.29) is 24.4 Å². The Labute approximate surface area is 125 Å². The van der Waals surface area contributed by atoms with E-state index in [1.54, 1.807) is 0 Å². The van der Waals surface area contributed by atoms with Gasteiger partial charge >= 0.3 is 5.97 Å². The molecule has 1 amide bonds. The van der Waals surface area contributed by atoms with Gasteiger partial charge in [-0.05, 0) is 36.3 Å². The van der Waals surface area contributed by atoms with E-state index in [4.69, 9.17) is 4.74 Å². The molecule has 21 heavy (non-hydrogen) atoms. The molecule has 0 heterocycles. The molecule has 1 aromatic rings. The summed E-state index contributed by atoms with van der Waals surface area (Å²) in [6.07, 6.45) is 2.57. The van der Waals surface area contributed by atoms with Crippen molar-refractivity contribution < 1.29 is 14.3 Å². The van der Waals surface area contributed by atoms with Crippen LogP contribution < -0.4 is 5.32 Å². The second-order valence-corrected chi connectivity index (χ2v) is 5.63. The van der Waals surface area contributed by atoms with E-state index in [0.717, 1.165) is 36.1 Å². The summed E-state index contributed by atoms with van der Waals surface area (Å²) in [4.78, 5) is 23.6. The number of nitrogens with one attached hydrogen (secondary N) is 1. The van der Waals surface area contributed by atoms with E-state index in [1.807, 2.05) is 25.1 Å². The van der Waals surface area contributed by atoms with Gasteiger partial charge in [-0.15, -0.1) is 0 Å². The summed E-state index contributed by atoms with van der Waals surface area (Å²) >= 11 is 0. The van der Waals surface area contributed by atoms with Gasteiger partial charge in [-0.1, -0.05) is 39.0 Å². The van der Waals surface area contributed by atoms with Crippen molar-refractivity contribution in [3.63, 3.8) is 0 Å². The number of anilines is 1. The van der Waals surface area contributed by atoms with Crippen molar-refractivity contribution in [3.8, 4) is 0 Å². The summed E-state index contributed by atoms with van der Waals surface area (Å²) in [5, 5.41) is 2.89. The molecule has 2 atom stereocenters. The topological polar surface area (TPSA) is 55.4 Å². The molecule has 1 aliphatic rings. The lowest BCUT2D eigenvalue weighted by atomic mass is 10.0. The van der Waals surface area contributed by atoms with Gasteiger partial charge in [0.25, 0.3) is 5.91 Å². The second-order valence-electron chi connectivity index (χ2n) is 5.63. The molecule has 1 fully saturated rings. The minimum Gasteiger partial charge on any atom is -0.455 e. The van der Waals surface area contributed by atoms with Crippen LogP contribution in [-0.4, -0.2) is 18.5 Å². The number of aryl methyl sites for hydroxylation is 2. The Hall–Kier alpha value is -1.84. The highest BCUT2D eigenvalue weighted by atomic mass is 16.5. The second kappa shape index (κ2) is 6.74. The van der Waals surface area contributed by atoms with E-state index in [9.17, 15) is 9.59 Å². The minimum absolute atomic E-state index is 0.00747. The zero-order chi connectivity index (χ0) is 15.4. The van der Waals surface area contributed by atoms with Gasteiger partial charge in [0.05, 0.1) is 5.92 Å². The van der Waals surface area contributed by atoms with Crippen LogP contribution in [0.15, 0.2) is 18.2 Å². The molecular formula is C17H23NO3. The van der Waals surface area contributed by atoms with Crippen LogP contribution in [0.5, 0.6) is 0 Å². The number of carbonyl (C=O) groups is 2. The minimum atomic E-state index is -0.271. The summed E-state index contributed by atoms with van der Waals surface area (Å²) in [6, 6.07) is 6.02. The summed E-state index contributed by atoms with van der Waals surface area (Å²) in [5.41, 5.74) is 3.07. The Bertz CT molecular complexity index is 517. The molecule has 1 saturated carbocycles. The Morgan fingerprint density at radius 1 is 1.24 bits per heavy atom. The smallest absolute Gasteiger partial charge is 0.309 e. The van der Waals surface area contributed by atoms with E-state index < -0.39 is 0 Å². The molecule has 0 aromatic heterocycles. The Kier molecular flexibility index (Phi) is 4.99. The van der Waals surface area contributed by atoms with Gasteiger partial charge in [-0.2, -0.15) is 0 Å². The molecule has 4 heteroatoms. The molecule has 0 unspecified atom stereocenters. The predicted molar refractivity (Wildman–Crippen MR) is 82.1 cm³/mol. The SMILES string of the molecule is CCc1cccc(CC)c1NC(=O)COC(=O)[C@@H]1C[C@H]1C. The van der Waals surface area contributed by atoms with Crippen LogP contribution >= 0.6 is 0 Å². The largest absolute Gasteiger partial charge is 0.455 e. The average Bonchev–Trinajstić information content (AvgIpc) is 3.22. The van der Waals surface area contributed by atoms with Gasteiger partial charge in [-0.25, -0.2) is 0 Å². The fraction of sp³-hybridized carbons (Fsp3) is 0.529. The number of rotatable bonds is 6. The summed E-state index contributed by atoms with van der Waals surface area (Å²) < 4.78 is 5.07. The number of carbonyl (C=O) groups excluding carboxylic acids is 2. The first-order valence-electron chi connectivity index (χ1n) is 7.64. The lowest BCUT2D eigenvalue weighted by Gasteiger charge is -2.14. The van der Waals surface area contributed by atoms with E-state index >= 15 is 0 Å². The molecule has 2 rings (SSSR count). The summed E-state index contributed by atoms with van der Waals surface area (Å²) in [6.45, 7) is 5.91. The maximum Gasteiger partial charge on any atom is 0.309 e. The molecule has 4 nitrogen and oxygen atoms in total. The zero-order valence-electron chi connectivity index (χ0n) is 12.9. The first-order valence-corrected chi connectivity index (χ1v) is 7.64. The molecule has 0 aliphatic heterocycles. The number of benzene rings is 1. The third-order valence-corrected chi connectivity index (χ3v) is 4.02. The van der Waals surface area contributed by atoms with Crippen molar-refractivity contribution in [1.29, 1.82) is 0 Å². The maximum absolute atomic E-state index is 12.0. The van der Waals surface area contributed by atoms with Gasteiger partial charge in [0.2, 0.25) is 0 Å². The Balaban J connectivity index is 1.94. The molecular weight excluding hydrogens is 266 g/mol. The van der Waals surface area contributed by atoms with Crippen LogP contribution in [0.4, 0.5) is 5.69 Å². The highest BCUT2D eigenvalue weighted by Gasteiger charge is 2.40. The van der Waals surface area contributed by atoms with Crippen molar-refractivity contribution in [3.05, 3.63) is 29.3 Å². The number of amides is 1. The molecule has 0 radical (unpaired) electrons. The van der Waals surface area contributed by atoms with Crippen LogP contribution in [-0.2, 0) is 27.2 Å². The van der Waals surface area contributed by atoms with Crippen molar-refractivity contribution in [1.82, 2.24) is 0 Å². The summed E-state index contributed by atoms with van der Waals surface area (Å²) in [5.74, 6) is -0.135. The monoisotopic (exact) mass is 289 g/mol. The normalized spacial score (nSPS) is 20.0. The van der Waals surface area contributed by atoms with Gasteiger partial charge in [0.15, 0.2) is 6.61 Å². The van der Waals surface area contributed by atoms with Crippen molar-refractivity contribution in [2.24, 2.45) is 11.8 Å². The highest BCUT2D eigenvalue weighted by molar-refractivity contribution is 5.94. The predicted octanol–water partition coefficient (Wildman–Crippen LogP) is 2.95. The highest BCUT2D eigenvalue weighted by Crippen LogP contribution is 2.38. The lowest BCUT2D eigenvalue weighted by Crippen LogP contribution is -2.23. The van der Waals surface area contributed by atoms with Gasteiger partial charge < -0.3 is 10.1 Å². The first kappa shape index (κ1) is 15.5. The van der Waals surface area contributed by atoms with Crippen LogP contribution in [0.1, 0.15) is 38.3 Å². The first-order chi connectivity index (χ1) is 10.1. The lowest BCUT2D eigenvalue weighted by molar-refractivity contribution is -0.148. The number of para-hydroxylation sites is 1. The number of esters is 1. The molecule has 114 valence electrons. The quantitative estimate of drug-likeness (QED) is 0.819. The van der Waals surface area contributed by atoms with Crippen molar-refractivity contribution >= 4 is 17.6 Å². The number of hydrogen-bond donors (Lipinski definition) is 1. The fourth-order valence-corrected chi connectivity index (χ4v) is 2.47. The van der Waals surface area contributed by atoms with E-state index in [2.05, 4.69) is 19.2 Å². The van der Waals surface area contributed by atoms with Crippen molar-refractivity contribution in [2.75, 3.05) is 11.9 Å². The average molecular weight is 289 g/mol. The molecule has 0 bridgehead atoms. The fourth-order valence-electron chi connectivity index (χ4n) is 2.47. The Morgan fingerprint density at radius 3 is 2.29 bits per heavy atom. The standard InChI is InChI=1S/C17H23NO3/c1-4-12-7-6-8-13(5-2)16(12)18-15(19)10-21-17(20)14-9-11(14)3/h6-8,11,14H,4-5,9-10H2,1-3H3,(H,18,19)/t11-,14-/m1/s1. The van der Waals surface area contributed by atoms with Crippen LogP contribution in [0.25, 0.3) is 0 Å². The third-order valence-electron chi connectivity index (χ3n) is 4.02. The molecule has 1 aliphatic carbocycles. The molecule has 0 saturated heterocycles. The molecule has 1 N–H and O–H groups in total. The molecule has 1 aromatic carbocycles. The van der Waals surface area contributed by atoms with Crippen LogP contribution in [0.2, 0.25) is 0 Å². The molecule has 0 spiro atoms. The van der Waals surface area contributed by atoms with Gasteiger partial charge in [0.1, 0.15) is 0 Å². The van der Waals surface area contributed by atoms with Gasteiger partial charge in [0, 0.05) is 5.69 Å². The number of hydrogen-bond acceptors (Lipinski definition) is 3. The summed E-state index contributed by atoms with van der Waals surface area (Å²) in [7, 11) is 0. The third kappa shape index (κ3) is 3.84. The van der Waals surface area contributed by atoms with Crippen molar-refractivity contribution in [2.45, 2.75) is 40.0 Å². The van der Waals surface area contributed by atoms with E-state index in [0.29, 0.717) is 5.92 Å². The van der Waals surface area contributed by atoms with E-state index in [1.165, 1.54) is 0 Å². The van der Waals surface area contributed by atoms with Gasteiger partial charge in [-0.3, -0.25) is 9.59 Å². The Morgan fingerprint density at radius 2 is 1.81 bits per heavy atom.